The van der Waals surface area contributed by atoms with E-state index in [2.05, 4.69) is 0 Å². The van der Waals surface area contributed by atoms with Crippen molar-refractivity contribution in [2.45, 2.75) is 25.4 Å². The number of rotatable bonds is 2. The maximum Gasteiger partial charge on any atom is 0.0722 e. The monoisotopic (exact) mass is 118 g/mol. The lowest BCUT2D eigenvalue weighted by Crippen LogP contribution is -2.17. The molecule has 7 heavy (non-hydrogen) atoms. The van der Waals surface area contributed by atoms with Gasteiger partial charge in [-0.1, -0.05) is 0 Å². The minimum absolute atomic E-state index is 0.593. The Morgan fingerprint density at radius 1 is 1.57 bits per heavy atom. The second kappa shape index (κ2) is 2.58. The molecule has 0 amide bonds. The third kappa shape index (κ3) is 1.35. The van der Waals surface area contributed by atoms with Gasteiger partial charge < -0.3 is 4.18 Å². The van der Waals surface area contributed by atoms with Gasteiger partial charge in [-0.2, -0.15) is 0 Å². The molecule has 0 spiro atoms. The molecule has 1 nitrogen and oxygen atoms in total. The van der Waals surface area contributed by atoms with Crippen LogP contribution in [0.2, 0.25) is 0 Å². The summed E-state index contributed by atoms with van der Waals surface area (Å²) in [4.78, 5) is 0. The van der Waals surface area contributed by atoms with Crippen molar-refractivity contribution in [3.8, 4) is 0 Å². The van der Waals surface area contributed by atoms with E-state index in [1.165, 1.54) is 31.3 Å². The highest BCUT2D eigenvalue weighted by Gasteiger charge is 2.16. The molecule has 0 N–H and O–H groups in total. The van der Waals surface area contributed by atoms with E-state index in [4.69, 9.17) is 4.18 Å². The second-order valence-electron chi connectivity index (χ2n) is 1.82. The van der Waals surface area contributed by atoms with Crippen molar-refractivity contribution in [2.24, 2.45) is 0 Å². The summed E-state index contributed by atoms with van der Waals surface area (Å²) in [5.74, 6) is 0. The van der Waals surface area contributed by atoms with Gasteiger partial charge in [0.25, 0.3) is 0 Å². The van der Waals surface area contributed by atoms with Crippen LogP contribution in [0.15, 0.2) is 0 Å². The minimum Gasteiger partial charge on any atom is -0.312 e. The van der Waals surface area contributed by atoms with Crippen LogP contribution in [0.5, 0.6) is 0 Å². The highest BCUT2D eigenvalue weighted by molar-refractivity contribution is 7.93. The molecular formula is C5H10OS. The van der Waals surface area contributed by atoms with Gasteiger partial charge in [0.1, 0.15) is 0 Å². The highest BCUT2D eigenvalue weighted by Crippen LogP contribution is 2.24. The standard InChI is InChI=1S/C5H10OS/c1-7-6-5-3-2-4-5/h5H,2-4H2,1H3. The SMILES string of the molecule is CSOC1CCC1. The normalized spacial score (nSPS) is 21.9. The third-order valence-corrected chi connectivity index (χ3v) is 1.75. The van der Waals surface area contributed by atoms with Crippen LogP contribution in [0.4, 0.5) is 0 Å². The van der Waals surface area contributed by atoms with E-state index >= 15 is 0 Å². The quantitative estimate of drug-likeness (QED) is 0.512. The summed E-state index contributed by atoms with van der Waals surface area (Å²) in [6, 6.07) is 0. The molecule has 0 bridgehead atoms. The van der Waals surface area contributed by atoms with Gasteiger partial charge >= 0.3 is 0 Å². The van der Waals surface area contributed by atoms with Gasteiger partial charge in [-0.3, -0.25) is 0 Å². The Morgan fingerprint density at radius 2 is 2.29 bits per heavy atom. The lowest BCUT2D eigenvalue weighted by Gasteiger charge is -2.23. The van der Waals surface area contributed by atoms with Crippen molar-refractivity contribution >= 4 is 12.0 Å². The van der Waals surface area contributed by atoms with E-state index in [1.54, 1.807) is 0 Å². The molecule has 1 fully saturated rings. The molecule has 0 aliphatic heterocycles. The van der Waals surface area contributed by atoms with E-state index in [9.17, 15) is 0 Å². The Hall–Kier alpha value is 0.310. The number of hydrogen-bond acceptors (Lipinski definition) is 2. The van der Waals surface area contributed by atoms with Gasteiger partial charge in [0.15, 0.2) is 0 Å². The Morgan fingerprint density at radius 3 is 2.43 bits per heavy atom. The first-order valence-electron chi connectivity index (χ1n) is 2.63. The zero-order valence-corrected chi connectivity index (χ0v) is 5.33. The first kappa shape index (κ1) is 5.45. The zero-order valence-electron chi connectivity index (χ0n) is 4.52. The van der Waals surface area contributed by atoms with Crippen LogP contribution in [-0.4, -0.2) is 12.4 Å². The van der Waals surface area contributed by atoms with Gasteiger partial charge in [-0.05, 0) is 31.3 Å². The summed E-state index contributed by atoms with van der Waals surface area (Å²) in [5.41, 5.74) is 0. The van der Waals surface area contributed by atoms with Crippen LogP contribution in [0.25, 0.3) is 0 Å². The molecule has 0 aromatic carbocycles. The lowest BCUT2D eigenvalue weighted by molar-refractivity contribution is 0.148. The molecule has 1 saturated carbocycles. The van der Waals surface area contributed by atoms with Gasteiger partial charge in [0, 0.05) is 6.26 Å². The maximum atomic E-state index is 5.19. The minimum atomic E-state index is 0.593. The highest BCUT2D eigenvalue weighted by atomic mass is 32.2. The molecular weight excluding hydrogens is 108 g/mol. The molecule has 0 unspecified atom stereocenters. The van der Waals surface area contributed by atoms with Crippen LogP contribution in [0.3, 0.4) is 0 Å². The number of hydrogen-bond donors (Lipinski definition) is 0. The van der Waals surface area contributed by atoms with E-state index in [-0.39, 0.29) is 0 Å². The van der Waals surface area contributed by atoms with E-state index < -0.39 is 0 Å². The van der Waals surface area contributed by atoms with Crippen LogP contribution >= 0.6 is 12.0 Å². The average molecular weight is 118 g/mol. The molecule has 1 aliphatic rings. The van der Waals surface area contributed by atoms with Crippen molar-refractivity contribution in [1.29, 1.82) is 0 Å². The molecule has 1 rings (SSSR count). The smallest absolute Gasteiger partial charge is 0.0722 e. The van der Waals surface area contributed by atoms with Crippen LogP contribution in [0.1, 0.15) is 19.3 Å². The molecule has 42 valence electrons. The van der Waals surface area contributed by atoms with Gasteiger partial charge in [0.05, 0.1) is 6.10 Å². The summed E-state index contributed by atoms with van der Waals surface area (Å²) in [5, 5.41) is 0. The Balaban J connectivity index is 1.93. The Kier molecular flexibility index (Phi) is 2.00. The Bertz CT molecular complexity index is 52.0. The van der Waals surface area contributed by atoms with Crippen molar-refractivity contribution in [3.05, 3.63) is 0 Å². The molecule has 2 heteroatoms. The lowest BCUT2D eigenvalue weighted by atomic mass is 9.97. The van der Waals surface area contributed by atoms with Crippen molar-refractivity contribution in [3.63, 3.8) is 0 Å². The average Bonchev–Trinajstić information content (AvgIpc) is 1.55. The predicted molar refractivity (Wildman–Crippen MR) is 32.2 cm³/mol. The van der Waals surface area contributed by atoms with Gasteiger partial charge in [0.2, 0.25) is 0 Å². The largest absolute Gasteiger partial charge is 0.312 e. The summed E-state index contributed by atoms with van der Waals surface area (Å²) >= 11 is 1.49. The van der Waals surface area contributed by atoms with E-state index in [0.717, 1.165) is 0 Å². The van der Waals surface area contributed by atoms with Crippen LogP contribution < -0.4 is 0 Å². The fourth-order valence-electron chi connectivity index (χ4n) is 0.603. The molecule has 0 atom stereocenters. The van der Waals surface area contributed by atoms with Crippen LogP contribution in [0, 0.1) is 0 Å². The fraction of sp³-hybridized carbons (Fsp3) is 1.00. The van der Waals surface area contributed by atoms with Crippen molar-refractivity contribution < 1.29 is 4.18 Å². The molecule has 0 aromatic rings. The fourth-order valence-corrected chi connectivity index (χ4v) is 1.07. The summed E-state index contributed by atoms with van der Waals surface area (Å²) < 4.78 is 5.19. The first-order chi connectivity index (χ1) is 3.43. The molecule has 0 saturated heterocycles. The van der Waals surface area contributed by atoms with Crippen molar-refractivity contribution in [2.75, 3.05) is 6.26 Å². The van der Waals surface area contributed by atoms with E-state index in [0.29, 0.717) is 6.10 Å². The molecule has 0 radical (unpaired) electrons. The van der Waals surface area contributed by atoms with Gasteiger partial charge in [-0.15, -0.1) is 0 Å². The molecule has 0 heterocycles. The summed E-state index contributed by atoms with van der Waals surface area (Å²) in [6.45, 7) is 0. The Labute approximate surface area is 48.6 Å². The molecule has 1 aliphatic carbocycles. The maximum absolute atomic E-state index is 5.19. The zero-order chi connectivity index (χ0) is 5.11. The van der Waals surface area contributed by atoms with Gasteiger partial charge in [-0.25, -0.2) is 0 Å². The second-order valence-corrected chi connectivity index (χ2v) is 2.34. The first-order valence-corrected chi connectivity index (χ1v) is 3.78. The third-order valence-electron chi connectivity index (χ3n) is 1.28. The van der Waals surface area contributed by atoms with E-state index in [1.807, 2.05) is 6.26 Å². The molecule has 0 aromatic heterocycles. The van der Waals surface area contributed by atoms with Crippen LogP contribution in [-0.2, 0) is 4.18 Å². The summed E-state index contributed by atoms with van der Waals surface area (Å²) in [6.07, 6.45) is 6.49. The predicted octanol–water partition coefficient (Wildman–Crippen LogP) is 1.83. The topological polar surface area (TPSA) is 9.23 Å². The van der Waals surface area contributed by atoms with Crippen molar-refractivity contribution in [1.82, 2.24) is 0 Å². The summed E-state index contributed by atoms with van der Waals surface area (Å²) in [7, 11) is 0.